The number of aryl methyl sites for hydroxylation is 4. The minimum atomic E-state index is -0.889. The second-order valence-electron chi connectivity index (χ2n) is 6.87. The van der Waals surface area contributed by atoms with Gasteiger partial charge in [-0.25, -0.2) is 14.3 Å². The zero-order chi connectivity index (χ0) is 18.1. The monoisotopic (exact) mass is 337 g/mol. The Bertz CT molecular complexity index is 868. The first kappa shape index (κ1) is 17.2. The van der Waals surface area contributed by atoms with Gasteiger partial charge in [0.15, 0.2) is 0 Å². The Labute approximate surface area is 149 Å². The molecule has 0 radical (unpaired) electrons. The third-order valence-electron chi connectivity index (χ3n) is 4.75. The van der Waals surface area contributed by atoms with Gasteiger partial charge in [-0.15, -0.1) is 0 Å². The average molecular weight is 337 g/mol. The summed E-state index contributed by atoms with van der Waals surface area (Å²) in [6.45, 7) is 9.61. The molecule has 25 heavy (non-hydrogen) atoms. The van der Waals surface area contributed by atoms with Crippen molar-refractivity contribution in [2.45, 2.75) is 34.1 Å². The number of anilines is 1. The molecule has 0 atom stereocenters. The molecule has 1 aliphatic heterocycles. The largest absolute Gasteiger partial charge is 0.472 e. The fraction of sp³-hybridized carbons (Fsp3) is 0.333. The molecule has 0 saturated heterocycles. The van der Waals surface area contributed by atoms with E-state index in [1.807, 2.05) is 47.6 Å². The zero-order valence-electron chi connectivity index (χ0n) is 15.3. The summed E-state index contributed by atoms with van der Waals surface area (Å²) in [5.41, 5.74) is 6.50. The van der Waals surface area contributed by atoms with Gasteiger partial charge in [0.1, 0.15) is 11.4 Å². The maximum atomic E-state index is 12.2. The van der Waals surface area contributed by atoms with Crippen molar-refractivity contribution in [3.05, 3.63) is 58.7 Å². The molecule has 0 aliphatic carbocycles. The smallest absolute Gasteiger partial charge is 0.419 e. The Kier molecular flexibility index (Phi) is 4.62. The quantitative estimate of drug-likeness (QED) is 0.862. The van der Waals surface area contributed by atoms with Crippen molar-refractivity contribution < 1.29 is 14.5 Å². The van der Waals surface area contributed by atoms with E-state index in [9.17, 15) is 9.90 Å². The molecule has 1 aliphatic rings. The van der Waals surface area contributed by atoms with Crippen LogP contribution in [0, 0.1) is 27.7 Å². The topological polar surface area (TPSA) is 43.5 Å². The van der Waals surface area contributed by atoms with E-state index in [0.29, 0.717) is 18.9 Å². The third kappa shape index (κ3) is 3.29. The number of hydrogen-bond acceptors (Lipinski definition) is 2. The third-order valence-corrected chi connectivity index (χ3v) is 4.75. The highest BCUT2D eigenvalue weighted by atomic mass is 16.4. The van der Waals surface area contributed by atoms with Crippen LogP contribution in [0.3, 0.4) is 0 Å². The Morgan fingerprint density at radius 1 is 1.00 bits per heavy atom. The number of carbonyl (C=O) groups is 1. The van der Waals surface area contributed by atoms with E-state index in [4.69, 9.17) is 0 Å². The summed E-state index contributed by atoms with van der Waals surface area (Å²) in [5, 5.41) is 9.97. The van der Waals surface area contributed by atoms with Gasteiger partial charge in [0.2, 0.25) is 0 Å². The van der Waals surface area contributed by atoms with Crippen LogP contribution < -0.4 is 4.90 Å². The molecule has 0 spiro atoms. The number of carboxylic acids is 1. The molecule has 4 heteroatoms. The lowest BCUT2D eigenvalue weighted by Gasteiger charge is -2.26. The van der Waals surface area contributed by atoms with Gasteiger partial charge in [-0.05, 0) is 51.0 Å². The van der Waals surface area contributed by atoms with E-state index in [1.54, 1.807) is 0 Å². The van der Waals surface area contributed by atoms with Gasteiger partial charge in [-0.2, -0.15) is 0 Å². The van der Waals surface area contributed by atoms with Gasteiger partial charge in [-0.3, -0.25) is 0 Å². The van der Waals surface area contributed by atoms with E-state index >= 15 is 0 Å². The predicted octanol–water partition coefficient (Wildman–Crippen LogP) is 3.96. The lowest BCUT2D eigenvalue weighted by atomic mass is 10.1. The van der Waals surface area contributed by atoms with E-state index in [1.165, 1.54) is 11.1 Å². The van der Waals surface area contributed by atoms with Crippen molar-refractivity contribution >= 4 is 23.2 Å². The standard InChI is InChI=1S/C21H24N2O2/c1-14-6-8-18(16(3)12-14)22-10-5-11-23(20(22)21(24)25)19-9-7-15(2)13-17(19)4/h6-9,12-13H,5,10-11H2,1-4H3/p+1. The summed E-state index contributed by atoms with van der Waals surface area (Å²) in [7, 11) is 0. The Balaban J connectivity index is 2.18. The van der Waals surface area contributed by atoms with Crippen LogP contribution in [-0.4, -0.2) is 34.6 Å². The number of hydrogen-bond donors (Lipinski definition) is 1. The summed E-state index contributed by atoms with van der Waals surface area (Å²) in [6.07, 6.45) is 0.914. The SMILES string of the molecule is Cc1ccc(N2CCC[N+](c3ccc(C)cc3C)=C2C(=O)O)c(C)c1. The molecule has 1 heterocycles. The molecule has 0 amide bonds. The minimum absolute atomic E-state index is 0.338. The summed E-state index contributed by atoms with van der Waals surface area (Å²) in [4.78, 5) is 14.1. The summed E-state index contributed by atoms with van der Waals surface area (Å²) >= 11 is 0. The highest BCUT2D eigenvalue weighted by Gasteiger charge is 2.37. The second kappa shape index (κ2) is 6.71. The van der Waals surface area contributed by atoms with Crippen molar-refractivity contribution in [2.24, 2.45) is 0 Å². The fourth-order valence-corrected chi connectivity index (χ4v) is 3.66. The number of benzene rings is 2. The zero-order valence-corrected chi connectivity index (χ0v) is 15.3. The number of carboxylic acid groups (broad SMARTS) is 1. The molecule has 3 rings (SSSR count). The predicted molar refractivity (Wildman–Crippen MR) is 101 cm³/mol. The Morgan fingerprint density at radius 2 is 1.64 bits per heavy atom. The number of amidine groups is 1. The maximum absolute atomic E-state index is 12.2. The van der Waals surface area contributed by atoms with Crippen LogP contribution in [0.2, 0.25) is 0 Å². The Morgan fingerprint density at radius 3 is 2.24 bits per heavy atom. The van der Waals surface area contributed by atoms with Gasteiger partial charge in [-0.1, -0.05) is 35.4 Å². The van der Waals surface area contributed by atoms with Gasteiger partial charge in [0, 0.05) is 6.42 Å². The van der Waals surface area contributed by atoms with E-state index in [-0.39, 0.29) is 0 Å². The average Bonchev–Trinajstić information content (AvgIpc) is 2.54. The van der Waals surface area contributed by atoms with Gasteiger partial charge >= 0.3 is 11.8 Å². The molecule has 2 aromatic carbocycles. The maximum Gasteiger partial charge on any atom is 0.419 e. The molecule has 0 aromatic heterocycles. The van der Waals surface area contributed by atoms with Crippen LogP contribution in [0.5, 0.6) is 0 Å². The summed E-state index contributed by atoms with van der Waals surface area (Å²) in [6, 6.07) is 12.3. The van der Waals surface area contributed by atoms with Crippen molar-refractivity contribution in [2.75, 3.05) is 18.0 Å². The van der Waals surface area contributed by atoms with Crippen LogP contribution >= 0.6 is 0 Å². The highest BCUT2D eigenvalue weighted by molar-refractivity contribution is 6.38. The summed E-state index contributed by atoms with van der Waals surface area (Å²) in [5.74, 6) is -0.551. The van der Waals surface area contributed by atoms with E-state index in [0.717, 1.165) is 28.9 Å². The lowest BCUT2D eigenvalue weighted by Crippen LogP contribution is -2.47. The molecule has 130 valence electrons. The molecule has 4 nitrogen and oxygen atoms in total. The molecule has 0 bridgehead atoms. The second-order valence-corrected chi connectivity index (χ2v) is 6.87. The van der Waals surface area contributed by atoms with Crippen LogP contribution in [-0.2, 0) is 4.79 Å². The van der Waals surface area contributed by atoms with Crippen molar-refractivity contribution in [3.8, 4) is 0 Å². The number of rotatable bonds is 3. The van der Waals surface area contributed by atoms with Gasteiger partial charge in [0.05, 0.1) is 13.1 Å². The van der Waals surface area contributed by atoms with Crippen LogP contribution in [0.4, 0.5) is 11.4 Å². The molecule has 0 fully saturated rings. The molecular weight excluding hydrogens is 312 g/mol. The first-order valence-corrected chi connectivity index (χ1v) is 8.68. The van der Waals surface area contributed by atoms with Gasteiger partial charge < -0.3 is 5.11 Å². The van der Waals surface area contributed by atoms with Crippen molar-refractivity contribution in [3.63, 3.8) is 0 Å². The van der Waals surface area contributed by atoms with Crippen LogP contribution in [0.1, 0.15) is 28.7 Å². The van der Waals surface area contributed by atoms with Crippen LogP contribution in [0.15, 0.2) is 36.4 Å². The summed E-state index contributed by atoms with van der Waals surface area (Å²) < 4.78 is 1.94. The van der Waals surface area contributed by atoms with E-state index < -0.39 is 5.97 Å². The fourth-order valence-electron chi connectivity index (χ4n) is 3.66. The van der Waals surface area contributed by atoms with Gasteiger partial charge in [0.25, 0.3) is 0 Å². The van der Waals surface area contributed by atoms with Crippen LogP contribution in [0.25, 0.3) is 0 Å². The van der Waals surface area contributed by atoms with Crippen molar-refractivity contribution in [1.82, 2.24) is 0 Å². The van der Waals surface area contributed by atoms with Crippen molar-refractivity contribution in [1.29, 1.82) is 0 Å². The molecule has 0 saturated carbocycles. The number of nitrogens with zero attached hydrogens (tertiary/aromatic N) is 2. The molecular formula is C21H25N2O2+. The Hall–Kier alpha value is -2.62. The molecule has 2 aromatic rings. The first-order chi connectivity index (χ1) is 11.9. The first-order valence-electron chi connectivity index (χ1n) is 8.68. The highest BCUT2D eigenvalue weighted by Crippen LogP contribution is 2.27. The normalized spacial score (nSPS) is 14.8. The van der Waals surface area contributed by atoms with E-state index in [2.05, 4.69) is 26.0 Å². The molecule has 1 N–H and O–H groups in total. The lowest BCUT2D eigenvalue weighted by molar-refractivity contribution is -0.445. The minimum Gasteiger partial charge on any atom is -0.472 e. The number of aliphatic carboxylic acids is 1. The molecule has 0 unspecified atom stereocenters.